The first-order valence-corrected chi connectivity index (χ1v) is 9.17. The minimum absolute atomic E-state index is 0.199. The molecule has 1 amide bonds. The van der Waals surface area contributed by atoms with Crippen LogP contribution in [0.25, 0.3) is 0 Å². The molecule has 2 N–H and O–H groups in total. The molecule has 5 heteroatoms. The van der Waals surface area contributed by atoms with E-state index in [1.54, 1.807) is 18.5 Å². The lowest BCUT2D eigenvalue weighted by atomic mass is 10.1. The predicted octanol–water partition coefficient (Wildman–Crippen LogP) is 4.40. The lowest BCUT2D eigenvalue weighted by molar-refractivity contribution is 0.0977. The van der Waals surface area contributed by atoms with E-state index in [9.17, 15) is 4.79 Å². The van der Waals surface area contributed by atoms with Crippen molar-refractivity contribution in [3.05, 3.63) is 94.8 Å². The van der Waals surface area contributed by atoms with Gasteiger partial charge in [0, 0.05) is 23.6 Å². The van der Waals surface area contributed by atoms with Crippen molar-refractivity contribution in [3.8, 4) is 0 Å². The van der Waals surface area contributed by atoms with Crippen molar-refractivity contribution in [2.75, 3.05) is 5.32 Å². The quantitative estimate of drug-likeness (QED) is 0.527. The average molecular weight is 372 g/mol. The number of hydrogen-bond donors (Lipinski definition) is 2. The normalized spacial score (nSPS) is 11.2. The largest absolute Gasteiger partial charge is 0.326 e. The molecule has 0 radical (unpaired) electrons. The summed E-state index contributed by atoms with van der Waals surface area (Å²) in [5.74, 6) is 0.215. The zero-order valence-electron chi connectivity index (χ0n) is 16.4. The molecule has 0 aliphatic heterocycles. The van der Waals surface area contributed by atoms with Crippen LogP contribution in [0, 0.1) is 20.8 Å². The smallest absolute Gasteiger partial charge is 0.257 e. The van der Waals surface area contributed by atoms with Crippen molar-refractivity contribution >= 4 is 17.6 Å². The fraction of sp³-hybridized carbons (Fsp3) is 0.174. The van der Waals surface area contributed by atoms with Gasteiger partial charge in [0.15, 0.2) is 0 Å². The first kappa shape index (κ1) is 19.3. The van der Waals surface area contributed by atoms with E-state index in [0.29, 0.717) is 18.1 Å². The second-order valence-electron chi connectivity index (χ2n) is 6.79. The standard InChI is InChI=1S/C23H24N4O/c1-16-5-4-6-20(13-16)22(28)27-23(25-15-19-9-11-24-12-10-19)26-21-14-17(2)7-8-18(21)3/h4-14H,15H2,1-3H3,(H2,25,26,27,28). The fourth-order valence-electron chi connectivity index (χ4n) is 2.73. The van der Waals surface area contributed by atoms with Gasteiger partial charge in [-0.3, -0.25) is 15.1 Å². The predicted molar refractivity (Wildman–Crippen MR) is 114 cm³/mol. The third-order valence-electron chi connectivity index (χ3n) is 4.33. The molecule has 0 fully saturated rings. The lowest BCUT2D eigenvalue weighted by Crippen LogP contribution is -2.36. The summed E-state index contributed by atoms with van der Waals surface area (Å²) in [7, 11) is 0. The van der Waals surface area contributed by atoms with Crippen LogP contribution in [0.3, 0.4) is 0 Å². The van der Waals surface area contributed by atoms with E-state index in [-0.39, 0.29) is 5.91 Å². The number of nitrogens with one attached hydrogen (secondary N) is 2. The van der Waals surface area contributed by atoms with Gasteiger partial charge in [0.05, 0.1) is 6.54 Å². The molecule has 0 saturated heterocycles. The highest BCUT2D eigenvalue weighted by Crippen LogP contribution is 2.16. The van der Waals surface area contributed by atoms with Crippen molar-refractivity contribution in [1.82, 2.24) is 10.3 Å². The summed E-state index contributed by atoms with van der Waals surface area (Å²) in [4.78, 5) is 21.3. The van der Waals surface area contributed by atoms with Crippen LogP contribution in [0.5, 0.6) is 0 Å². The van der Waals surface area contributed by atoms with E-state index >= 15 is 0 Å². The molecule has 5 nitrogen and oxygen atoms in total. The number of benzene rings is 2. The molecule has 0 aliphatic carbocycles. The van der Waals surface area contributed by atoms with E-state index in [1.807, 2.05) is 63.2 Å². The van der Waals surface area contributed by atoms with Crippen molar-refractivity contribution in [3.63, 3.8) is 0 Å². The fourth-order valence-corrected chi connectivity index (χ4v) is 2.73. The van der Waals surface area contributed by atoms with Crippen molar-refractivity contribution in [1.29, 1.82) is 0 Å². The van der Waals surface area contributed by atoms with Gasteiger partial charge in [0.1, 0.15) is 0 Å². The zero-order valence-corrected chi connectivity index (χ0v) is 16.4. The highest BCUT2D eigenvalue weighted by atomic mass is 16.1. The number of carbonyl (C=O) groups is 1. The van der Waals surface area contributed by atoms with Gasteiger partial charge in [-0.05, 0) is 67.8 Å². The maximum atomic E-state index is 12.7. The number of aryl methyl sites for hydroxylation is 3. The number of amides is 1. The van der Waals surface area contributed by atoms with E-state index in [4.69, 9.17) is 0 Å². The number of rotatable bonds is 4. The summed E-state index contributed by atoms with van der Waals surface area (Å²) in [5, 5.41) is 6.19. The second-order valence-corrected chi connectivity index (χ2v) is 6.79. The highest BCUT2D eigenvalue weighted by molar-refractivity contribution is 6.10. The van der Waals surface area contributed by atoms with Crippen molar-refractivity contribution in [2.24, 2.45) is 4.99 Å². The number of aliphatic imine (C=N–C) groups is 1. The summed E-state index contributed by atoms with van der Waals surface area (Å²) in [6.07, 6.45) is 3.46. The Hall–Kier alpha value is -3.47. The Morgan fingerprint density at radius 3 is 2.46 bits per heavy atom. The third kappa shape index (κ3) is 5.27. The zero-order chi connectivity index (χ0) is 19.9. The Morgan fingerprint density at radius 1 is 0.964 bits per heavy atom. The molecule has 0 unspecified atom stereocenters. The topological polar surface area (TPSA) is 66.4 Å². The Kier molecular flexibility index (Phi) is 6.17. The van der Waals surface area contributed by atoms with Gasteiger partial charge in [0.2, 0.25) is 5.96 Å². The second kappa shape index (κ2) is 8.95. The Balaban J connectivity index is 1.85. The molecule has 3 rings (SSSR count). The van der Waals surface area contributed by atoms with Crippen LogP contribution in [0.15, 0.2) is 72.0 Å². The summed E-state index contributed by atoms with van der Waals surface area (Å²) in [6, 6.07) is 17.4. The minimum atomic E-state index is -0.199. The SMILES string of the molecule is Cc1cccc(C(=O)NC(=NCc2ccncc2)Nc2cc(C)ccc2C)c1. The Bertz CT molecular complexity index is 996. The van der Waals surface area contributed by atoms with Crippen molar-refractivity contribution < 1.29 is 4.79 Å². The third-order valence-corrected chi connectivity index (χ3v) is 4.33. The Labute approximate surface area is 165 Å². The van der Waals surface area contributed by atoms with E-state index in [2.05, 4.69) is 26.7 Å². The molecular formula is C23H24N4O. The molecule has 0 aliphatic rings. The summed E-state index contributed by atoms with van der Waals surface area (Å²) < 4.78 is 0. The van der Waals surface area contributed by atoms with Crippen LogP contribution in [0.4, 0.5) is 5.69 Å². The van der Waals surface area contributed by atoms with Crippen LogP contribution < -0.4 is 10.6 Å². The van der Waals surface area contributed by atoms with Crippen LogP contribution in [0.2, 0.25) is 0 Å². The number of aromatic nitrogens is 1. The van der Waals surface area contributed by atoms with Crippen LogP contribution in [0.1, 0.15) is 32.6 Å². The van der Waals surface area contributed by atoms with E-state index in [1.165, 1.54) is 0 Å². The van der Waals surface area contributed by atoms with Crippen LogP contribution in [-0.2, 0) is 6.54 Å². The Morgan fingerprint density at radius 2 is 1.71 bits per heavy atom. The molecule has 28 heavy (non-hydrogen) atoms. The van der Waals surface area contributed by atoms with Gasteiger partial charge in [-0.1, -0.05) is 29.8 Å². The van der Waals surface area contributed by atoms with Gasteiger partial charge in [-0.2, -0.15) is 0 Å². The maximum Gasteiger partial charge on any atom is 0.257 e. The molecule has 1 heterocycles. The summed E-state index contributed by atoms with van der Waals surface area (Å²) in [6.45, 7) is 6.45. The minimum Gasteiger partial charge on any atom is -0.326 e. The first-order chi connectivity index (χ1) is 13.5. The number of anilines is 1. The van der Waals surface area contributed by atoms with Gasteiger partial charge in [0.25, 0.3) is 5.91 Å². The van der Waals surface area contributed by atoms with Gasteiger partial charge >= 0.3 is 0 Å². The number of pyridine rings is 1. The first-order valence-electron chi connectivity index (χ1n) is 9.17. The number of hydrogen-bond acceptors (Lipinski definition) is 3. The molecule has 0 atom stereocenters. The molecular weight excluding hydrogens is 348 g/mol. The summed E-state index contributed by atoms with van der Waals surface area (Å²) in [5.41, 5.74) is 5.77. The molecule has 0 bridgehead atoms. The van der Waals surface area contributed by atoms with Gasteiger partial charge in [-0.25, -0.2) is 4.99 Å². The van der Waals surface area contributed by atoms with Gasteiger partial charge in [-0.15, -0.1) is 0 Å². The van der Waals surface area contributed by atoms with E-state index < -0.39 is 0 Å². The van der Waals surface area contributed by atoms with Gasteiger partial charge < -0.3 is 5.32 Å². The van der Waals surface area contributed by atoms with Crippen LogP contribution in [-0.4, -0.2) is 16.9 Å². The van der Waals surface area contributed by atoms with Crippen molar-refractivity contribution in [2.45, 2.75) is 27.3 Å². The number of carbonyl (C=O) groups excluding carboxylic acids is 1. The molecule has 1 aromatic heterocycles. The molecule has 3 aromatic rings. The molecule has 0 spiro atoms. The molecule has 2 aromatic carbocycles. The number of guanidine groups is 1. The van der Waals surface area contributed by atoms with E-state index in [0.717, 1.165) is 27.9 Å². The molecule has 142 valence electrons. The number of nitrogens with zero attached hydrogens (tertiary/aromatic N) is 2. The average Bonchev–Trinajstić information content (AvgIpc) is 2.69. The lowest BCUT2D eigenvalue weighted by Gasteiger charge is -2.14. The van der Waals surface area contributed by atoms with Crippen LogP contribution >= 0.6 is 0 Å². The maximum absolute atomic E-state index is 12.7. The monoisotopic (exact) mass is 372 g/mol. The molecule has 0 saturated carbocycles. The highest BCUT2D eigenvalue weighted by Gasteiger charge is 2.11. The summed E-state index contributed by atoms with van der Waals surface area (Å²) >= 11 is 0.